The molecule has 0 N–H and O–H groups in total. The zero-order valence-electron chi connectivity index (χ0n) is 13.7. The Kier molecular flexibility index (Phi) is 5.39. The molecule has 5 nitrogen and oxygen atoms in total. The molecule has 1 heterocycles. The van der Waals surface area contributed by atoms with Crippen molar-refractivity contribution in [1.82, 2.24) is 0 Å². The smallest absolute Gasteiger partial charge is 0.300 e. The molecule has 6 heteroatoms. The molecule has 23 heavy (non-hydrogen) atoms. The molecule has 0 amide bonds. The maximum absolute atomic E-state index is 12.6. The van der Waals surface area contributed by atoms with E-state index in [-0.39, 0.29) is 21.2 Å². The van der Waals surface area contributed by atoms with Gasteiger partial charge in [0.05, 0.1) is 4.90 Å². The summed E-state index contributed by atoms with van der Waals surface area (Å²) in [5.41, 5.74) is 0.856. The summed E-state index contributed by atoms with van der Waals surface area (Å²) >= 11 is 0. The molecule has 0 bridgehead atoms. The van der Waals surface area contributed by atoms with Crippen molar-refractivity contribution in [2.24, 2.45) is 5.92 Å². The van der Waals surface area contributed by atoms with Gasteiger partial charge in [0.1, 0.15) is 25.4 Å². The van der Waals surface area contributed by atoms with E-state index in [2.05, 4.69) is 6.58 Å². The molecule has 1 aromatic rings. The van der Waals surface area contributed by atoms with Crippen LogP contribution in [0.2, 0.25) is 0 Å². The third-order valence-corrected chi connectivity index (χ3v) is 5.55. The van der Waals surface area contributed by atoms with E-state index >= 15 is 0 Å². The first-order chi connectivity index (χ1) is 10.7. The maximum Gasteiger partial charge on any atom is 0.342 e. The van der Waals surface area contributed by atoms with Gasteiger partial charge in [0, 0.05) is 18.8 Å². The van der Waals surface area contributed by atoms with Crippen molar-refractivity contribution in [3.05, 3.63) is 42.5 Å². The van der Waals surface area contributed by atoms with Crippen molar-refractivity contribution in [3.63, 3.8) is 0 Å². The molecule has 0 unspecified atom stereocenters. The van der Waals surface area contributed by atoms with Crippen LogP contribution in [0, 0.1) is 5.92 Å². The Balaban J connectivity index is 2.23. The lowest BCUT2D eigenvalue weighted by Crippen LogP contribution is -2.55. The second-order valence-electron chi connectivity index (χ2n) is 6.35. The lowest BCUT2D eigenvalue weighted by Gasteiger charge is -2.39. The minimum Gasteiger partial charge on any atom is -0.300 e. The number of hydrogen-bond donors (Lipinski definition) is 0. The van der Waals surface area contributed by atoms with Gasteiger partial charge in [-0.15, -0.1) is 0 Å². The summed E-state index contributed by atoms with van der Waals surface area (Å²) in [7, 11) is -3.86. The normalized spacial score (nSPS) is 25.0. The highest BCUT2D eigenvalue weighted by atomic mass is 32.2. The molecule has 0 radical (unpaired) electrons. The molecule has 0 atom stereocenters. The largest absolute Gasteiger partial charge is 0.342 e. The first kappa shape index (κ1) is 17.8. The summed E-state index contributed by atoms with van der Waals surface area (Å²) in [6.07, 6.45) is 1.26. The van der Waals surface area contributed by atoms with Gasteiger partial charge >= 0.3 is 10.1 Å². The van der Waals surface area contributed by atoms with Crippen molar-refractivity contribution in [2.75, 3.05) is 19.6 Å². The monoisotopic (exact) mass is 338 g/mol. The van der Waals surface area contributed by atoms with Crippen molar-refractivity contribution >= 4 is 15.9 Å². The van der Waals surface area contributed by atoms with E-state index in [0.717, 1.165) is 5.57 Å². The number of carbonyl (C=O) groups is 1. The third kappa shape index (κ3) is 4.50. The highest BCUT2D eigenvalue weighted by Crippen LogP contribution is 2.29. The molecule has 0 spiro atoms. The number of ketones is 1. The Morgan fingerprint density at radius 2 is 1.78 bits per heavy atom. The van der Waals surface area contributed by atoms with Crippen molar-refractivity contribution in [1.29, 1.82) is 0 Å². The second-order valence-corrected chi connectivity index (χ2v) is 7.88. The molecule has 126 valence electrons. The summed E-state index contributed by atoms with van der Waals surface area (Å²) < 4.78 is 30.7. The van der Waals surface area contributed by atoms with Gasteiger partial charge in [-0.25, -0.2) is 0 Å². The number of carbonyl (C=O) groups excluding carboxylic acids is 1. The first-order valence-electron chi connectivity index (χ1n) is 7.76. The topological polar surface area (TPSA) is 60.4 Å². The highest BCUT2D eigenvalue weighted by molar-refractivity contribution is 7.86. The van der Waals surface area contributed by atoms with E-state index in [4.69, 9.17) is 4.28 Å². The number of hydroxylamine groups is 3. The number of likely N-dealkylation sites (tertiary alicyclic amines) is 1. The van der Waals surface area contributed by atoms with Crippen LogP contribution in [0.4, 0.5) is 0 Å². The van der Waals surface area contributed by atoms with E-state index in [9.17, 15) is 13.2 Å². The number of Topliss-reactive ketones (excluding diaryl/α,β-unsaturated/α-hetero) is 1. The van der Waals surface area contributed by atoms with Crippen LogP contribution in [0.15, 0.2) is 47.4 Å². The van der Waals surface area contributed by atoms with Crippen molar-refractivity contribution < 1.29 is 22.1 Å². The fourth-order valence-electron chi connectivity index (χ4n) is 3.03. The van der Waals surface area contributed by atoms with Crippen LogP contribution in [0.25, 0.3) is 0 Å². The van der Waals surface area contributed by atoms with Gasteiger partial charge in [0.25, 0.3) is 0 Å². The highest BCUT2D eigenvalue weighted by Gasteiger charge is 2.41. The van der Waals surface area contributed by atoms with Crippen molar-refractivity contribution in [3.8, 4) is 0 Å². The Bertz CT molecular complexity index is 674. The average Bonchev–Trinajstić information content (AvgIpc) is 2.47. The molecular weight excluding hydrogens is 314 g/mol. The number of quaternary nitrogens is 1. The number of nitrogens with zero attached hydrogens (tertiary/aromatic N) is 1. The van der Waals surface area contributed by atoms with Gasteiger partial charge in [-0.3, -0.25) is 4.79 Å². The van der Waals surface area contributed by atoms with Crippen LogP contribution >= 0.6 is 0 Å². The molecule has 1 aromatic carbocycles. The molecule has 0 aromatic heterocycles. The maximum atomic E-state index is 12.6. The van der Waals surface area contributed by atoms with Crippen LogP contribution < -0.4 is 0 Å². The number of hydrogen-bond acceptors (Lipinski definition) is 4. The summed E-state index contributed by atoms with van der Waals surface area (Å²) in [6.45, 7) is 8.74. The molecule has 0 saturated carbocycles. The molecule has 1 aliphatic heterocycles. The predicted octanol–water partition coefficient (Wildman–Crippen LogP) is 2.70. The minimum absolute atomic E-state index is 0.00518. The molecular formula is C17H24NO4S+. The first-order valence-corrected chi connectivity index (χ1v) is 9.17. The number of rotatable bonds is 6. The quantitative estimate of drug-likeness (QED) is 0.591. The fraction of sp³-hybridized carbons (Fsp3) is 0.471. The third-order valence-electron chi connectivity index (χ3n) is 4.19. The van der Waals surface area contributed by atoms with Gasteiger partial charge < -0.3 is 0 Å². The summed E-state index contributed by atoms with van der Waals surface area (Å²) in [4.78, 5) is 11.7. The van der Waals surface area contributed by atoms with Crippen LogP contribution in [0.5, 0.6) is 0 Å². The molecule has 1 aliphatic rings. The van der Waals surface area contributed by atoms with Crippen LogP contribution in [0.3, 0.4) is 0 Å². The summed E-state index contributed by atoms with van der Waals surface area (Å²) in [5, 5.41) is 0. The Morgan fingerprint density at radius 1 is 1.22 bits per heavy atom. The van der Waals surface area contributed by atoms with Crippen LogP contribution in [-0.4, -0.2) is 38.5 Å². The van der Waals surface area contributed by atoms with E-state index in [1.54, 1.807) is 25.1 Å². The van der Waals surface area contributed by atoms with Gasteiger partial charge in [-0.05, 0) is 31.6 Å². The zero-order valence-corrected chi connectivity index (χ0v) is 14.5. The molecule has 1 fully saturated rings. The minimum atomic E-state index is -3.86. The Morgan fingerprint density at radius 3 is 2.26 bits per heavy atom. The lowest BCUT2D eigenvalue weighted by molar-refractivity contribution is -1.08. The second kappa shape index (κ2) is 6.95. The number of benzene rings is 1. The Labute approximate surface area is 138 Å². The molecule has 2 rings (SSSR count). The molecule has 0 aliphatic carbocycles. The van der Waals surface area contributed by atoms with E-state index in [1.165, 1.54) is 12.1 Å². The van der Waals surface area contributed by atoms with E-state index in [1.807, 2.05) is 6.92 Å². The summed E-state index contributed by atoms with van der Waals surface area (Å²) in [5.74, 6) is 0.151. The van der Waals surface area contributed by atoms with Crippen LogP contribution in [0.1, 0.15) is 26.7 Å². The molecule has 1 saturated heterocycles. The van der Waals surface area contributed by atoms with E-state index in [0.29, 0.717) is 32.5 Å². The Hall–Kier alpha value is -1.50. The summed E-state index contributed by atoms with van der Waals surface area (Å²) in [6, 6.07) is 8.14. The number of piperidine rings is 1. The van der Waals surface area contributed by atoms with Gasteiger partial charge in [0.2, 0.25) is 0 Å². The van der Waals surface area contributed by atoms with Crippen LogP contribution in [-0.2, 0) is 19.2 Å². The average molecular weight is 338 g/mol. The van der Waals surface area contributed by atoms with Gasteiger partial charge in [-0.1, -0.05) is 29.1 Å². The SMILES string of the molecule is C=C(C)C[N+]1(OS(=O)(=O)c2ccccc2)CCC(C(C)=O)CC1. The van der Waals surface area contributed by atoms with Gasteiger partial charge in [-0.2, -0.15) is 13.1 Å². The standard InChI is InChI=1S/C17H24NO4S/c1-14(2)13-18(11-9-16(10-12-18)15(3)19)22-23(20,21)17-7-5-4-6-8-17/h4-8,16H,1,9-13H2,2-3H3/q+1. The van der Waals surface area contributed by atoms with E-state index < -0.39 is 10.1 Å². The van der Waals surface area contributed by atoms with Crippen molar-refractivity contribution in [2.45, 2.75) is 31.6 Å². The lowest BCUT2D eigenvalue weighted by atomic mass is 9.93. The predicted molar refractivity (Wildman–Crippen MR) is 87.8 cm³/mol. The zero-order chi connectivity index (χ0) is 17.1. The van der Waals surface area contributed by atoms with Gasteiger partial charge in [0.15, 0.2) is 0 Å². The fourth-order valence-corrected chi connectivity index (χ4v) is 4.23.